The predicted octanol–water partition coefficient (Wildman–Crippen LogP) is 4.99. The summed E-state index contributed by atoms with van der Waals surface area (Å²) in [6, 6.07) is 12.9. The number of alkyl halides is 3. The van der Waals surface area contributed by atoms with E-state index in [1.165, 1.54) is 31.4 Å². The molecule has 3 aromatic rings. The summed E-state index contributed by atoms with van der Waals surface area (Å²) in [6.45, 7) is 1.87. The Kier molecular flexibility index (Phi) is 4.43. The smallest absolute Gasteiger partial charge is 0.480 e. The van der Waals surface area contributed by atoms with Crippen LogP contribution in [0, 0.1) is 18.3 Å². The van der Waals surface area contributed by atoms with Gasteiger partial charge in [-0.05, 0) is 30.2 Å². The molecule has 1 heterocycles. The number of benzene rings is 2. The largest absolute Gasteiger partial charge is 0.573 e. The van der Waals surface area contributed by atoms with E-state index in [0.29, 0.717) is 27.6 Å². The number of para-hydroxylation sites is 1. The van der Waals surface area contributed by atoms with Gasteiger partial charge in [-0.3, -0.25) is 0 Å². The van der Waals surface area contributed by atoms with Crippen LogP contribution in [-0.4, -0.2) is 18.5 Å². The molecule has 0 fully saturated rings. The number of hydrogen-bond donors (Lipinski definition) is 0. The van der Waals surface area contributed by atoms with Crippen molar-refractivity contribution in [1.82, 2.24) is 4.98 Å². The Hall–Kier alpha value is -3.27. The van der Waals surface area contributed by atoms with Crippen molar-refractivity contribution >= 4 is 10.9 Å². The highest BCUT2D eigenvalue weighted by atomic mass is 19.4. The number of pyridine rings is 1. The average molecular weight is 358 g/mol. The van der Waals surface area contributed by atoms with Gasteiger partial charge < -0.3 is 9.47 Å². The summed E-state index contributed by atoms with van der Waals surface area (Å²) in [6.07, 6.45) is -4.76. The van der Waals surface area contributed by atoms with Crippen molar-refractivity contribution < 1.29 is 22.6 Å². The van der Waals surface area contributed by atoms with Crippen LogP contribution in [0.15, 0.2) is 42.5 Å². The molecular weight excluding hydrogens is 345 g/mol. The maximum Gasteiger partial charge on any atom is 0.573 e. The lowest BCUT2D eigenvalue weighted by Gasteiger charge is -2.14. The van der Waals surface area contributed by atoms with Crippen molar-refractivity contribution in [2.24, 2.45) is 0 Å². The monoisotopic (exact) mass is 358 g/mol. The van der Waals surface area contributed by atoms with Crippen LogP contribution >= 0.6 is 0 Å². The molecule has 3 rings (SSSR count). The van der Waals surface area contributed by atoms with Crippen molar-refractivity contribution in [3.05, 3.63) is 53.6 Å². The number of aryl methyl sites for hydroxylation is 1. The number of nitriles is 1. The second-order valence-electron chi connectivity index (χ2n) is 5.53. The molecular formula is C19H13F3N2O2. The van der Waals surface area contributed by atoms with Crippen molar-refractivity contribution in [2.45, 2.75) is 13.3 Å². The molecule has 2 aromatic carbocycles. The third kappa shape index (κ3) is 3.26. The van der Waals surface area contributed by atoms with E-state index in [2.05, 4.69) is 15.8 Å². The molecule has 0 aliphatic rings. The van der Waals surface area contributed by atoms with E-state index in [1.54, 1.807) is 6.07 Å². The zero-order valence-electron chi connectivity index (χ0n) is 13.9. The van der Waals surface area contributed by atoms with E-state index in [1.807, 2.05) is 19.1 Å². The number of nitrogens with zero attached hydrogens (tertiary/aromatic N) is 2. The normalized spacial score (nSPS) is 11.2. The van der Waals surface area contributed by atoms with E-state index in [0.717, 1.165) is 5.56 Å². The van der Waals surface area contributed by atoms with Crippen LogP contribution in [0.3, 0.4) is 0 Å². The van der Waals surface area contributed by atoms with Crippen molar-refractivity contribution in [3.63, 3.8) is 0 Å². The van der Waals surface area contributed by atoms with Gasteiger partial charge in [0.15, 0.2) is 0 Å². The SMILES string of the molecule is COc1nc2c(C)cccc2c(C#N)c1-c1ccc(OC(F)(F)F)cc1. The highest BCUT2D eigenvalue weighted by Gasteiger charge is 2.31. The van der Waals surface area contributed by atoms with Crippen LogP contribution in [0.1, 0.15) is 11.1 Å². The molecule has 0 unspecified atom stereocenters. The maximum absolute atomic E-state index is 12.3. The summed E-state index contributed by atoms with van der Waals surface area (Å²) in [5.74, 6) is -0.115. The Bertz CT molecular complexity index is 1010. The molecule has 0 spiro atoms. The van der Waals surface area contributed by atoms with Crippen LogP contribution in [0.25, 0.3) is 22.0 Å². The van der Waals surface area contributed by atoms with Gasteiger partial charge in [0, 0.05) is 5.39 Å². The quantitative estimate of drug-likeness (QED) is 0.662. The molecule has 0 aliphatic carbocycles. The van der Waals surface area contributed by atoms with E-state index in [-0.39, 0.29) is 11.6 Å². The lowest BCUT2D eigenvalue weighted by atomic mass is 9.96. The van der Waals surface area contributed by atoms with Crippen molar-refractivity contribution in [1.29, 1.82) is 5.26 Å². The first-order chi connectivity index (χ1) is 12.3. The van der Waals surface area contributed by atoms with Gasteiger partial charge in [-0.15, -0.1) is 13.2 Å². The number of aromatic nitrogens is 1. The molecule has 0 bridgehead atoms. The van der Waals surface area contributed by atoms with Gasteiger partial charge in [0.2, 0.25) is 5.88 Å². The number of methoxy groups -OCH3 is 1. The average Bonchev–Trinajstić information content (AvgIpc) is 2.60. The Morgan fingerprint density at radius 3 is 2.35 bits per heavy atom. The molecule has 0 amide bonds. The fraction of sp³-hybridized carbons (Fsp3) is 0.158. The second-order valence-corrected chi connectivity index (χ2v) is 5.53. The third-order valence-corrected chi connectivity index (χ3v) is 3.87. The summed E-state index contributed by atoms with van der Waals surface area (Å²) in [4.78, 5) is 4.48. The number of halogens is 3. The van der Waals surface area contributed by atoms with E-state index in [4.69, 9.17) is 4.74 Å². The molecule has 0 aliphatic heterocycles. The van der Waals surface area contributed by atoms with Crippen LogP contribution < -0.4 is 9.47 Å². The first-order valence-electron chi connectivity index (χ1n) is 7.57. The van der Waals surface area contributed by atoms with Gasteiger partial charge in [0.25, 0.3) is 0 Å². The van der Waals surface area contributed by atoms with Crippen LogP contribution in [0.2, 0.25) is 0 Å². The topological polar surface area (TPSA) is 55.1 Å². The molecule has 1 aromatic heterocycles. The lowest BCUT2D eigenvalue weighted by Crippen LogP contribution is -2.16. The second kappa shape index (κ2) is 6.56. The van der Waals surface area contributed by atoms with E-state index < -0.39 is 6.36 Å². The first-order valence-corrected chi connectivity index (χ1v) is 7.57. The zero-order chi connectivity index (χ0) is 18.9. The van der Waals surface area contributed by atoms with Gasteiger partial charge in [0.05, 0.1) is 23.8 Å². The molecule has 0 N–H and O–H groups in total. The standard InChI is InChI=1S/C19H13F3N2O2/c1-11-4-3-5-14-15(10-23)16(18(25-2)24-17(11)14)12-6-8-13(9-7-12)26-19(20,21)22/h3-9H,1-2H3. The predicted molar refractivity (Wildman–Crippen MR) is 89.9 cm³/mol. The van der Waals surface area contributed by atoms with Gasteiger partial charge in [0.1, 0.15) is 11.8 Å². The summed E-state index contributed by atoms with van der Waals surface area (Å²) in [5, 5.41) is 10.3. The van der Waals surface area contributed by atoms with Gasteiger partial charge in [-0.2, -0.15) is 5.26 Å². The Labute approximate surface area is 147 Å². The van der Waals surface area contributed by atoms with Gasteiger partial charge in [-0.25, -0.2) is 4.98 Å². The number of fused-ring (bicyclic) bond motifs is 1. The zero-order valence-corrected chi connectivity index (χ0v) is 13.9. The van der Waals surface area contributed by atoms with Gasteiger partial charge in [-0.1, -0.05) is 30.3 Å². The maximum atomic E-state index is 12.3. The molecule has 0 atom stereocenters. The highest BCUT2D eigenvalue weighted by molar-refractivity contribution is 5.95. The first kappa shape index (κ1) is 17.5. The fourth-order valence-corrected chi connectivity index (χ4v) is 2.76. The minimum atomic E-state index is -4.76. The molecule has 26 heavy (non-hydrogen) atoms. The Balaban J connectivity index is 2.20. The number of hydrogen-bond acceptors (Lipinski definition) is 4. The molecule has 0 radical (unpaired) electrons. The van der Waals surface area contributed by atoms with Crippen molar-refractivity contribution in [3.8, 4) is 28.8 Å². The Morgan fingerprint density at radius 2 is 1.77 bits per heavy atom. The molecule has 4 nitrogen and oxygen atoms in total. The molecule has 0 saturated heterocycles. The third-order valence-electron chi connectivity index (χ3n) is 3.87. The van der Waals surface area contributed by atoms with E-state index >= 15 is 0 Å². The van der Waals surface area contributed by atoms with Crippen LogP contribution in [0.4, 0.5) is 13.2 Å². The number of ether oxygens (including phenoxy) is 2. The lowest BCUT2D eigenvalue weighted by molar-refractivity contribution is -0.274. The molecule has 0 saturated carbocycles. The fourth-order valence-electron chi connectivity index (χ4n) is 2.76. The summed E-state index contributed by atoms with van der Waals surface area (Å²) in [7, 11) is 1.43. The van der Waals surface area contributed by atoms with E-state index in [9.17, 15) is 18.4 Å². The highest BCUT2D eigenvalue weighted by Crippen LogP contribution is 2.37. The summed E-state index contributed by atoms with van der Waals surface area (Å²) < 4.78 is 46.2. The number of rotatable bonds is 3. The van der Waals surface area contributed by atoms with Crippen LogP contribution in [-0.2, 0) is 0 Å². The summed E-state index contributed by atoms with van der Waals surface area (Å²) in [5.41, 5.74) is 2.80. The molecule has 132 valence electrons. The minimum absolute atomic E-state index is 0.229. The summed E-state index contributed by atoms with van der Waals surface area (Å²) >= 11 is 0. The van der Waals surface area contributed by atoms with Crippen LogP contribution in [0.5, 0.6) is 11.6 Å². The van der Waals surface area contributed by atoms with Crippen molar-refractivity contribution in [2.75, 3.05) is 7.11 Å². The Morgan fingerprint density at radius 1 is 1.08 bits per heavy atom. The molecule has 7 heteroatoms. The minimum Gasteiger partial charge on any atom is -0.480 e. The van der Waals surface area contributed by atoms with Gasteiger partial charge >= 0.3 is 6.36 Å².